The first-order chi connectivity index (χ1) is 5.74. The summed E-state index contributed by atoms with van der Waals surface area (Å²) in [6, 6.07) is 0. The predicted octanol–water partition coefficient (Wildman–Crippen LogP) is -3.58. The highest BCUT2D eigenvalue weighted by Crippen LogP contribution is 1.66. The molecule has 0 spiro atoms. The van der Waals surface area contributed by atoms with Crippen molar-refractivity contribution in [2.24, 2.45) is 0 Å². The van der Waals surface area contributed by atoms with Crippen LogP contribution in [0.15, 0.2) is 25.3 Å². The van der Waals surface area contributed by atoms with Gasteiger partial charge in [-0.05, 0) is 12.2 Å². The van der Waals surface area contributed by atoms with Crippen LogP contribution in [0.4, 0.5) is 0 Å². The largest absolute Gasteiger partial charge is 1.00 e. The fourth-order valence-electron chi connectivity index (χ4n) is 0.912. The lowest BCUT2D eigenvalue weighted by Crippen LogP contribution is -3.12. The molecule has 0 bridgehead atoms. The van der Waals surface area contributed by atoms with Gasteiger partial charge in [-0.2, -0.15) is 0 Å². The molecule has 76 valence electrons. The van der Waals surface area contributed by atoms with Gasteiger partial charge in [0.2, 0.25) is 0 Å². The summed E-state index contributed by atoms with van der Waals surface area (Å²) in [5.74, 6) is -0.200. The SMILES string of the molecule is C=CC[NH+](CC=C)CC(=O)OC.[Cl-]. The van der Waals surface area contributed by atoms with Gasteiger partial charge in [0.05, 0.1) is 20.2 Å². The van der Waals surface area contributed by atoms with E-state index >= 15 is 0 Å². The second-order valence-corrected chi connectivity index (χ2v) is 2.49. The highest BCUT2D eigenvalue weighted by molar-refractivity contribution is 5.70. The van der Waals surface area contributed by atoms with E-state index in [4.69, 9.17) is 0 Å². The minimum atomic E-state index is -0.200. The minimum Gasteiger partial charge on any atom is -1.00 e. The van der Waals surface area contributed by atoms with Crippen LogP contribution in [0.25, 0.3) is 0 Å². The molecule has 0 aromatic rings. The molecule has 1 N–H and O–H groups in total. The summed E-state index contributed by atoms with van der Waals surface area (Å²) in [5.41, 5.74) is 0. The molecule has 0 heterocycles. The molecule has 13 heavy (non-hydrogen) atoms. The molecule has 0 rings (SSSR count). The fourth-order valence-corrected chi connectivity index (χ4v) is 0.912. The first-order valence-electron chi connectivity index (χ1n) is 3.86. The molecule has 0 saturated heterocycles. The molecule has 0 atom stereocenters. The van der Waals surface area contributed by atoms with Crippen LogP contribution < -0.4 is 17.3 Å². The molecule has 0 unspecified atom stereocenters. The summed E-state index contributed by atoms with van der Waals surface area (Å²) >= 11 is 0. The Morgan fingerprint density at radius 2 is 1.85 bits per heavy atom. The summed E-state index contributed by atoms with van der Waals surface area (Å²) in [6.07, 6.45) is 3.56. The van der Waals surface area contributed by atoms with Crippen LogP contribution in [0.2, 0.25) is 0 Å². The molecular formula is C9H16ClNO2. The van der Waals surface area contributed by atoms with E-state index in [-0.39, 0.29) is 18.4 Å². The van der Waals surface area contributed by atoms with Crippen LogP contribution >= 0.6 is 0 Å². The summed E-state index contributed by atoms with van der Waals surface area (Å²) in [4.78, 5) is 11.9. The van der Waals surface area contributed by atoms with Crippen molar-refractivity contribution in [2.75, 3.05) is 26.7 Å². The molecular weight excluding hydrogens is 190 g/mol. The Morgan fingerprint density at radius 3 is 2.15 bits per heavy atom. The smallest absolute Gasteiger partial charge is 0.361 e. The lowest BCUT2D eigenvalue weighted by atomic mass is 10.4. The standard InChI is InChI=1S/C9H15NO2.ClH/c1-4-6-10(7-5-2)8-9(11)12-3;/h4-5H,1-2,6-8H2,3H3;1H. The Balaban J connectivity index is 0. The average Bonchev–Trinajstić information content (AvgIpc) is 2.05. The topological polar surface area (TPSA) is 30.7 Å². The lowest BCUT2D eigenvalue weighted by molar-refractivity contribution is -0.880. The van der Waals surface area contributed by atoms with E-state index in [1.54, 1.807) is 12.2 Å². The van der Waals surface area contributed by atoms with Crippen LogP contribution in [0.1, 0.15) is 0 Å². The van der Waals surface area contributed by atoms with E-state index in [0.717, 1.165) is 18.0 Å². The van der Waals surface area contributed by atoms with Gasteiger partial charge in [-0.25, -0.2) is 4.79 Å². The normalized spacial score (nSPS) is 8.77. The third kappa shape index (κ3) is 7.56. The molecule has 0 fully saturated rings. The van der Waals surface area contributed by atoms with Crippen molar-refractivity contribution in [3.8, 4) is 0 Å². The Morgan fingerprint density at radius 1 is 1.38 bits per heavy atom. The monoisotopic (exact) mass is 205 g/mol. The van der Waals surface area contributed by atoms with Crippen molar-refractivity contribution in [1.29, 1.82) is 0 Å². The van der Waals surface area contributed by atoms with Gasteiger partial charge in [0.25, 0.3) is 0 Å². The van der Waals surface area contributed by atoms with Crippen molar-refractivity contribution < 1.29 is 26.8 Å². The third-order valence-corrected chi connectivity index (χ3v) is 1.49. The van der Waals surface area contributed by atoms with Crippen molar-refractivity contribution in [2.45, 2.75) is 0 Å². The third-order valence-electron chi connectivity index (χ3n) is 1.49. The van der Waals surface area contributed by atoms with Crippen LogP contribution in [-0.2, 0) is 9.53 Å². The maximum atomic E-state index is 10.9. The van der Waals surface area contributed by atoms with Gasteiger partial charge in [0.1, 0.15) is 0 Å². The number of esters is 1. The first-order valence-corrected chi connectivity index (χ1v) is 3.86. The Bertz CT molecular complexity index is 161. The van der Waals surface area contributed by atoms with Crippen molar-refractivity contribution in [3.05, 3.63) is 25.3 Å². The Kier molecular flexibility index (Phi) is 10.5. The molecule has 0 amide bonds. The van der Waals surface area contributed by atoms with Gasteiger partial charge in [-0.15, -0.1) is 0 Å². The number of carbonyl (C=O) groups excluding carboxylic acids is 1. The number of halogens is 1. The lowest BCUT2D eigenvalue weighted by Gasteiger charge is -2.13. The van der Waals surface area contributed by atoms with Crippen molar-refractivity contribution >= 4 is 5.97 Å². The van der Waals surface area contributed by atoms with E-state index in [9.17, 15) is 4.79 Å². The van der Waals surface area contributed by atoms with E-state index in [2.05, 4.69) is 17.9 Å². The molecule has 0 aliphatic heterocycles. The van der Waals surface area contributed by atoms with E-state index in [0.29, 0.717) is 6.54 Å². The zero-order valence-electron chi connectivity index (χ0n) is 7.88. The number of ether oxygens (including phenoxy) is 1. The predicted molar refractivity (Wildman–Crippen MR) is 48.0 cm³/mol. The zero-order valence-corrected chi connectivity index (χ0v) is 8.64. The van der Waals surface area contributed by atoms with Gasteiger partial charge >= 0.3 is 5.97 Å². The molecule has 0 aliphatic rings. The van der Waals surface area contributed by atoms with E-state index < -0.39 is 0 Å². The van der Waals surface area contributed by atoms with Gasteiger partial charge in [-0.3, -0.25) is 0 Å². The molecule has 0 aliphatic carbocycles. The van der Waals surface area contributed by atoms with Crippen LogP contribution in [0, 0.1) is 0 Å². The minimum absolute atomic E-state index is 0. The number of quaternary nitrogens is 1. The van der Waals surface area contributed by atoms with Gasteiger partial charge in [-0.1, -0.05) is 13.2 Å². The van der Waals surface area contributed by atoms with Gasteiger partial charge in [0.15, 0.2) is 6.54 Å². The number of nitrogens with one attached hydrogen (secondary N) is 1. The van der Waals surface area contributed by atoms with Gasteiger partial charge in [0, 0.05) is 0 Å². The number of hydrogen-bond acceptors (Lipinski definition) is 2. The summed E-state index contributed by atoms with van der Waals surface area (Å²) in [6.45, 7) is 9.09. The maximum absolute atomic E-state index is 10.9. The second-order valence-electron chi connectivity index (χ2n) is 2.49. The highest BCUT2D eigenvalue weighted by Gasteiger charge is 2.10. The molecule has 0 saturated carbocycles. The van der Waals surface area contributed by atoms with Crippen LogP contribution in [0.5, 0.6) is 0 Å². The van der Waals surface area contributed by atoms with Gasteiger partial charge < -0.3 is 22.0 Å². The van der Waals surface area contributed by atoms with Crippen LogP contribution in [-0.4, -0.2) is 32.7 Å². The Labute approximate surface area is 85.5 Å². The number of methoxy groups -OCH3 is 1. The number of rotatable bonds is 6. The quantitative estimate of drug-likeness (QED) is 0.359. The number of hydrogen-bond donors (Lipinski definition) is 1. The molecule has 4 heteroatoms. The van der Waals surface area contributed by atoms with E-state index in [1.165, 1.54) is 7.11 Å². The zero-order chi connectivity index (χ0) is 9.40. The maximum Gasteiger partial charge on any atom is 0.361 e. The highest BCUT2D eigenvalue weighted by atomic mass is 35.5. The Hall–Kier alpha value is -0.800. The molecule has 3 nitrogen and oxygen atoms in total. The summed E-state index contributed by atoms with van der Waals surface area (Å²) < 4.78 is 4.54. The second kappa shape index (κ2) is 9.29. The summed E-state index contributed by atoms with van der Waals surface area (Å²) in [7, 11) is 1.39. The van der Waals surface area contributed by atoms with Crippen molar-refractivity contribution in [1.82, 2.24) is 0 Å². The summed E-state index contributed by atoms with van der Waals surface area (Å²) in [5, 5.41) is 0. The fraction of sp³-hybridized carbons (Fsp3) is 0.444. The van der Waals surface area contributed by atoms with E-state index in [1.807, 2.05) is 0 Å². The first kappa shape index (κ1) is 14.7. The molecule has 0 aromatic carbocycles. The van der Waals surface area contributed by atoms with Crippen LogP contribution in [0.3, 0.4) is 0 Å². The van der Waals surface area contributed by atoms with Crippen molar-refractivity contribution in [3.63, 3.8) is 0 Å². The molecule has 0 radical (unpaired) electrons. The number of carbonyl (C=O) groups is 1. The average molecular weight is 206 g/mol. The molecule has 0 aromatic heterocycles.